The van der Waals surface area contributed by atoms with Gasteiger partial charge in [0, 0.05) is 0 Å². The molecule has 1 aliphatic rings. The predicted octanol–water partition coefficient (Wildman–Crippen LogP) is 3.52. The molecule has 2 atom stereocenters. The standard InChI is InChI=1S/C14H21N.ClH/c1-11-6-3-4-8-14(11)12(2)13-7-5-9-15-10-13;/h3-4,6,8,12-13,15H,5,7,9-10H2,1-2H3;1H. The monoisotopic (exact) mass is 239 g/mol. The summed E-state index contributed by atoms with van der Waals surface area (Å²) in [5.41, 5.74) is 2.97. The molecule has 0 amide bonds. The van der Waals surface area contributed by atoms with Gasteiger partial charge in [-0.2, -0.15) is 0 Å². The maximum atomic E-state index is 3.50. The van der Waals surface area contributed by atoms with Crippen LogP contribution in [0, 0.1) is 12.8 Å². The summed E-state index contributed by atoms with van der Waals surface area (Å²) < 4.78 is 0. The van der Waals surface area contributed by atoms with Crippen LogP contribution < -0.4 is 5.32 Å². The fourth-order valence-electron chi connectivity index (χ4n) is 2.66. The Morgan fingerprint density at radius 1 is 1.31 bits per heavy atom. The number of piperidine rings is 1. The van der Waals surface area contributed by atoms with Crippen molar-refractivity contribution in [2.24, 2.45) is 5.92 Å². The predicted molar refractivity (Wildman–Crippen MR) is 72.4 cm³/mol. The summed E-state index contributed by atoms with van der Waals surface area (Å²) in [6.07, 6.45) is 2.71. The molecule has 1 aromatic rings. The Morgan fingerprint density at radius 3 is 2.69 bits per heavy atom. The molecule has 0 aromatic heterocycles. The van der Waals surface area contributed by atoms with Gasteiger partial charge in [0.05, 0.1) is 0 Å². The molecule has 1 heterocycles. The lowest BCUT2D eigenvalue weighted by Crippen LogP contribution is -2.32. The fraction of sp³-hybridized carbons (Fsp3) is 0.571. The summed E-state index contributed by atoms with van der Waals surface area (Å²) >= 11 is 0. The SMILES string of the molecule is Cc1ccccc1C(C)C1CCCNC1.Cl. The third-order valence-electron chi connectivity index (χ3n) is 3.72. The van der Waals surface area contributed by atoms with Crippen LogP contribution in [-0.2, 0) is 0 Å². The van der Waals surface area contributed by atoms with Gasteiger partial charge >= 0.3 is 0 Å². The molecule has 0 aliphatic carbocycles. The van der Waals surface area contributed by atoms with E-state index in [4.69, 9.17) is 0 Å². The van der Waals surface area contributed by atoms with Crippen LogP contribution in [0.15, 0.2) is 24.3 Å². The van der Waals surface area contributed by atoms with E-state index in [-0.39, 0.29) is 12.4 Å². The first kappa shape index (κ1) is 13.5. The summed E-state index contributed by atoms with van der Waals surface area (Å²) in [5, 5.41) is 3.50. The summed E-state index contributed by atoms with van der Waals surface area (Å²) in [6.45, 7) is 6.99. The van der Waals surface area contributed by atoms with Gasteiger partial charge in [-0.05, 0) is 55.8 Å². The lowest BCUT2D eigenvalue weighted by Gasteiger charge is -2.29. The molecule has 1 saturated heterocycles. The number of aryl methyl sites for hydroxylation is 1. The molecular weight excluding hydrogens is 218 g/mol. The van der Waals surface area contributed by atoms with E-state index in [1.807, 2.05) is 0 Å². The van der Waals surface area contributed by atoms with Crippen molar-refractivity contribution in [1.29, 1.82) is 0 Å². The van der Waals surface area contributed by atoms with E-state index in [9.17, 15) is 0 Å². The topological polar surface area (TPSA) is 12.0 Å². The molecular formula is C14H22ClN. The zero-order valence-electron chi connectivity index (χ0n) is 10.2. The molecule has 0 radical (unpaired) electrons. The van der Waals surface area contributed by atoms with Gasteiger partial charge in [0.1, 0.15) is 0 Å². The second-order valence-corrected chi connectivity index (χ2v) is 4.75. The van der Waals surface area contributed by atoms with Gasteiger partial charge in [-0.15, -0.1) is 12.4 Å². The lowest BCUT2D eigenvalue weighted by atomic mass is 9.81. The van der Waals surface area contributed by atoms with Crippen LogP contribution in [0.5, 0.6) is 0 Å². The zero-order chi connectivity index (χ0) is 10.7. The van der Waals surface area contributed by atoms with E-state index in [2.05, 4.69) is 43.4 Å². The van der Waals surface area contributed by atoms with Gasteiger partial charge in [0.25, 0.3) is 0 Å². The van der Waals surface area contributed by atoms with Crippen LogP contribution in [0.3, 0.4) is 0 Å². The number of hydrogen-bond donors (Lipinski definition) is 1. The third-order valence-corrected chi connectivity index (χ3v) is 3.72. The van der Waals surface area contributed by atoms with E-state index in [1.165, 1.54) is 37.1 Å². The Labute approximate surface area is 105 Å². The highest BCUT2D eigenvalue weighted by Crippen LogP contribution is 2.30. The van der Waals surface area contributed by atoms with Crippen LogP contribution in [0.2, 0.25) is 0 Å². The van der Waals surface area contributed by atoms with E-state index in [1.54, 1.807) is 0 Å². The highest BCUT2D eigenvalue weighted by Gasteiger charge is 2.21. The average molecular weight is 240 g/mol. The maximum Gasteiger partial charge on any atom is -0.00148 e. The molecule has 0 spiro atoms. The largest absolute Gasteiger partial charge is 0.316 e. The Hall–Kier alpha value is -0.530. The summed E-state index contributed by atoms with van der Waals surface area (Å²) in [6, 6.07) is 8.80. The summed E-state index contributed by atoms with van der Waals surface area (Å²) in [7, 11) is 0. The molecule has 2 rings (SSSR count). The highest BCUT2D eigenvalue weighted by atomic mass is 35.5. The average Bonchev–Trinajstić information content (AvgIpc) is 2.30. The van der Waals surface area contributed by atoms with Gasteiger partial charge in [0.2, 0.25) is 0 Å². The minimum Gasteiger partial charge on any atom is -0.316 e. The molecule has 1 nitrogen and oxygen atoms in total. The van der Waals surface area contributed by atoms with E-state index in [0.29, 0.717) is 5.92 Å². The number of halogens is 1. The van der Waals surface area contributed by atoms with Gasteiger partial charge in [0.15, 0.2) is 0 Å². The minimum atomic E-state index is 0. The number of hydrogen-bond acceptors (Lipinski definition) is 1. The van der Waals surface area contributed by atoms with E-state index in [0.717, 1.165) is 5.92 Å². The maximum absolute atomic E-state index is 3.50. The Bertz CT molecular complexity index is 318. The van der Waals surface area contributed by atoms with Crippen molar-refractivity contribution in [3.05, 3.63) is 35.4 Å². The summed E-state index contributed by atoms with van der Waals surface area (Å²) in [4.78, 5) is 0. The van der Waals surface area contributed by atoms with Crippen molar-refractivity contribution in [2.75, 3.05) is 13.1 Å². The quantitative estimate of drug-likeness (QED) is 0.833. The molecule has 1 aromatic carbocycles. The van der Waals surface area contributed by atoms with Crippen LogP contribution in [-0.4, -0.2) is 13.1 Å². The minimum absolute atomic E-state index is 0. The first-order valence-corrected chi connectivity index (χ1v) is 6.05. The number of benzene rings is 1. The van der Waals surface area contributed by atoms with E-state index < -0.39 is 0 Å². The fourth-order valence-corrected chi connectivity index (χ4v) is 2.66. The molecule has 2 unspecified atom stereocenters. The molecule has 2 heteroatoms. The van der Waals surface area contributed by atoms with Crippen molar-refractivity contribution in [3.63, 3.8) is 0 Å². The smallest absolute Gasteiger partial charge is 0.00148 e. The normalized spacial score (nSPS) is 22.2. The highest BCUT2D eigenvalue weighted by molar-refractivity contribution is 5.85. The second kappa shape index (κ2) is 6.27. The summed E-state index contributed by atoms with van der Waals surface area (Å²) in [5.74, 6) is 1.51. The molecule has 90 valence electrons. The van der Waals surface area contributed by atoms with Crippen molar-refractivity contribution in [1.82, 2.24) is 5.32 Å². The van der Waals surface area contributed by atoms with Crippen LogP contribution in [0.4, 0.5) is 0 Å². The first-order valence-electron chi connectivity index (χ1n) is 6.05. The van der Waals surface area contributed by atoms with Crippen molar-refractivity contribution in [3.8, 4) is 0 Å². The molecule has 16 heavy (non-hydrogen) atoms. The van der Waals surface area contributed by atoms with Crippen LogP contribution >= 0.6 is 12.4 Å². The Kier molecular flexibility index (Phi) is 5.30. The first-order chi connectivity index (χ1) is 7.29. The number of nitrogens with one attached hydrogen (secondary N) is 1. The molecule has 1 fully saturated rings. The van der Waals surface area contributed by atoms with Crippen molar-refractivity contribution >= 4 is 12.4 Å². The van der Waals surface area contributed by atoms with Crippen molar-refractivity contribution < 1.29 is 0 Å². The van der Waals surface area contributed by atoms with E-state index >= 15 is 0 Å². The van der Waals surface area contributed by atoms with Gasteiger partial charge < -0.3 is 5.32 Å². The Morgan fingerprint density at radius 2 is 2.06 bits per heavy atom. The molecule has 1 N–H and O–H groups in total. The van der Waals surface area contributed by atoms with Crippen LogP contribution in [0.25, 0.3) is 0 Å². The second-order valence-electron chi connectivity index (χ2n) is 4.75. The van der Waals surface area contributed by atoms with Crippen LogP contribution in [0.1, 0.15) is 36.8 Å². The zero-order valence-corrected chi connectivity index (χ0v) is 11.0. The lowest BCUT2D eigenvalue weighted by molar-refractivity contribution is 0.334. The third kappa shape index (κ3) is 2.99. The van der Waals surface area contributed by atoms with Crippen molar-refractivity contribution in [2.45, 2.75) is 32.6 Å². The van der Waals surface area contributed by atoms with Gasteiger partial charge in [-0.1, -0.05) is 31.2 Å². The molecule has 1 aliphatic heterocycles. The Balaban J connectivity index is 0.00000128. The van der Waals surface area contributed by atoms with Gasteiger partial charge in [-0.3, -0.25) is 0 Å². The molecule has 0 saturated carbocycles. The number of rotatable bonds is 2. The molecule has 0 bridgehead atoms. The van der Waals surface area contributed by atoms with Gasteiger partial charge in [-0.25, -0.2) is 0 Å².